The van der Waals surface area contributed by atoms with Gasteiger partial charge < -0.3 is 14.5 Å². The maximum atomic E-state index is 5.51. The first-order chi connectivity index (χ1) is 11.9. The SMILES string of the molecule is C1CCN(c2nc(N3CCOCC3)sc(=[N+]3CCCCC3)n2)CC1. The van der Waals surface area contributed by atoms with Crippen molar-refractivity contribution in [1.29, 1.82) is 0 Å². The second kappa shape index (κ2) is 7.78. The molecule has 0 bridgehead atoms. The lowest BCUT2D eigenvalue weighted by Crippen LogP contribution is -2.40. The predicted molar refractivity (Wildman–Crippen MR) is 97.9 cm³/mol. The van der Waals surface area contributed by atoms with Gasteiger partial charge in [0.25, 0.3) is 0 Å². The molecule has 0 spiro atoms. The lowest BCUT2D eigenvalue weighted by Gasteiger charge is -2.28. The van der Waals surface area contributed by atoms with E-state index in [9.17, 15) is 0 Å². The molecule has 0 saturated carbocycles. The molecule has 0 aromatic carbocycles. The Hall–Kier alpha value is -1.21. The van der Waals surface area contributed by atoms with E-state index in [0.717, 1.165) is 68.4 Å². The summed E-state index contributed by atoms with van der Waals surface area (Å²) in [6, 6.07) is 0. The van der Waals surface area contributed by atoms with Crippen LogP contribution in [-0.4, -0.2) is 62.5 Å². The lowest BCUT2D eigenvalue weighted by atomic mass is 10.1. The highest BCUT2D eigenvalue weighted by molar-refractivity contribution is 7.12. The molecule has 4 heterocycles. The zero-order valence-corrected chi connectivity index (χ0v) is 15.3. The van der Waals surface area contributed by atoms with E-state index < -0.39 is 0 Å². The smallest absolute Gasteiger partial charge is 0.378 e. The maximum absolute atomic E-state index is 5.51. The summed E-state index contributed by atoms with van der Waals surface area (Å²) in [5, 5.41) is 1.12. The van der Waals surface area contributed by atoms with Crippen LogP contribution < -0.4 is 19.2 Å². The van der Waals surface area contributed by atoms with Gasteiger partial charge in [-0.15, -0.1) is 0 Å². The molecule has 7 heteroatoms. The van der Waals surface area contributed by atoms with E-state index in [1.165, 1.54) is 38.5 Å². The molecule has 0 radical (unpaired) electrons. The van der Waals surface area contributed by atoms with Crippen LogP contribution in [0.15, 0.2) is 0 Å². The molecule has 3 saturated heterocycles. The van der Waals surface area contributed by atoms with Gasteiger partial charge in [-0.1, -0.05) is 0 Å². The second-order valence-electron chi connectivity index (χ2n) is 6.89. The summed E-state index contributed by atoms with van der Waals surface area (Å²) in [5.74, 6) is 0.940. The van der Waals surface area contributed by atoms with Gasteiger partial charge in [-0.25, -0.2) is 4.58 Å². The Morgan fingerprint density at radius 1 is 0.792 bits per heavy atom. The molecule has 24 heavy (non-hydrogen) atoms. The molecule has 0 N–H and O–H groups in total. The molecule has 3 aliphatic rings. The van der Waals surface area contributed by atoms with Crippen LogP contribution in [0.5, 0.6) is 0 Å². The minimum Gasteiger partial charge on any atom is -0.378 e. The highest BCUT2D eigenvalue weighted by atomic mass is 32.1. The Bertz CT molecular complexity index is 572. The molecule has 3 aliphatic heterocycles. The van der Waals surface area contributed by atoms with Crippen molar-refractivity contribution in [3.05, 3.63) is 4.80 Å². The third-order valence-corrected chi connectivity index (χ3v) is 6.19. The first-order valence-corrected chi connectivity index (χ1v) is 10.3. The van der Waals surface area contributed by atoms with Gasteiger partial charge in [0, 0.05) is 31.2 Å². The summed E-state index contributed by atoms with van der Waals surface area (Å²) >= 11 is 1.76. The molecule has 132 valence electrons. The van der Waals surface area contributed by atoms with Crippen LogP contribution in [-0.2, 0) is 4.74 Å². The van der Waals surface area contributed by atoms with Gasteiger partial charge in [0.15, 0.2) is 5.13 Å². The molecular formula is C17H28N5OS+. The van der Waals surface area contributed by atoms with Crippen LogP contribution >= 0.6 is 11.3 Å². The standard InChI is InChI=1S/C17H28N5OS/c1-3-7-20(8-4-1)15-18-16(21-9-5-2-6-10-21)24-17(19-15)22-11-13-23-14-12-22/h1-14H2/q+1. The third-order valence-electron chi connectivity index (χ3n) is 5.12. The van der Waals surface area contributed by atoms with E-state index in [1.54, 1.807) is 11.3 Å². The van der Waals surface area contributed by atoms with Crippen molar-refractivity contribution >= 4 is 22.4 Å². The van der Waals surface area contributed by atoms with E-state index in [2.05, 4.69) is 14.4 Å². The van der Waals surface area contributed by atoms with Gasteiger partial charge >= 0.3 is 10.7 Å². The molecule has 3 fully saturated rings. The van der Waals surface area contributed by atoms with Crippen LogP contribution in [0.3, 0.4) is 0 Å². The average molecular weight is 351 g/mol. The van der Waals surface area contributed by atoms with E-state index in [1.807, 2.05) is 0 Å². The number of nitrogens with zero attached hydrogens (tertiary/aromatic N) is 5. The number of aromatic nitrogens is 2. The van der Waals surface area contributed by atoms with Crippen molar-refractivity contribution in [2.24, 2.45) is 0 Å². The van der Waals surface area contributed by atoms with Crippen molar-refractivity contribution < 1.29 is 4.74 Å². The van der Waals surface area contributed by atoms with Crippen LogP contribution in [0.2, 0.25) is 0 Å². The van der Waals surface area contributed by atoms with E-state index in [-0.39, 0.29) is 0 Å². The fraction of sp³-hybridized carbons (Fsp3) is 0.824. The Labute approximate surface area is 147 Å². The second-order valence-corrected chi connectivity index (χ2v) is 7.82. The highest BCUT2D eigenvalue weighted by Crippen LogP contribution is 2.21. The number of piperidine rings is 2. The number of hydrogen-bond acceptors (Lipinski definition) is 6. The molecule has 6 nitrogen and oxygen atoms in total. The van der Waals surface area contributed by atoms with Gasteiger partial charge in [-0.3, -0.25) is 0 Å². The third kappa shape index (κ3) is 3.72. The topological polar surface area (TPSA) is 44.5 Å². The zero-order valence-electron chi connectivity index (χ0n) is 14.5. The van der Waals surface area contributed by atoms with Gasteiger partial charge in [-0.2, -0.15) is 4.98 Å². The van der Waals surface area contributed by atoms with Crippen LogP contribution in [0.25, 0.3) is 0 Å². The van der Waals surface area contributed by atoms with Gasteiger partial charge in [0.05, 0.1) is 26.3 Å². The molecule has 0 unspecified atom stereocenters. The monoisotopic (exact) mass is 350 g/mol. The fourth-order valence-corrected chi connectivity index (χ4v) is 4.71. The molecule has 1 aromatic heterocycles. The van der Waals surface area contributed by atoms with E-state index >= 15 is 0 Å². The van der Waals surface area contributed by atoms with Crippen LogP contribution in [0.1, 0.15) is 38.5 Å². The van der Waals surface area contributed by atoms with Crippen LogP contribution in [0.4, 0.5) is 11.1 Å². The largest absolute Gasteiger partial charge is 0.384 e. The summed E-state index contributed by atoms with van der Waals surface area (Å²) < 4.78 is 7.98. The number of anilines is 2. The molecule has 0 aliphatic carbocycles. The summed E-state index contributed by atoms with van der Waals surface area (Å²) in [6.07, 6.45) is 7.76. The van der Waals surface area contributed by atoms with E-state index in [0.29, 0.717) is 0 Å². The molecule has 0 atom stereocenters. The first-order valence-electron chi connectivity index (χ1n) is 9.45. The predicted octanol–water partition coefficient (Wildman–Crippen LogP) is 1.32. The van der Waals surface area contributed by atoms with Crippen LogP contribution in [0, 0.1) is 0 Å². The van der Waals surface area contributed by atoms with Gasteiger partial charge in [0.2, 0.25) is 0 Å². The lowest BCUT2D eigenvalue weighted by molar-refractivity contribution is 0.122. The Morgan fingerprint density at radius 3 is 2.25 bits per heavy atom. The Kier molecular flexibility index (Phi) is 5.27. The molecule has 4 rings (SSSR count). The van der Waals surface area contributed by atoms with Crippen molar-refractivity contribution in [2.45, 2.75) is 38.5 Å². The first kappa shape index (κ1) is 16.3. The fourth-order valence-electron chi connectivity index (χ4n) is 3.67. The summed E-state index contributed by atoms with van der Waals surface area (Å²) in [6.45, 7) is 7.93. The quantitative estimate of drug-likeness (QED) is 0.753. The number of morpholine rings is 1. The maximum Gasteiger partial charge on any atom is 0.384 e. The van der Waals surface area contributed by atoms with Crippen molar-refractivity contribution in [1.82, 2.24) is 14.5 Å². The van der Waals surface area contributed by atoms with Crippen molar-refractivity contribution in [2.75, 3.05) is 62.3 Å². The van der Waals surface area contributed by atoms with Gasteiger partial charge in [-0.05, 0) is 49.9 Å². The summed E-state index contributed by atoms with van der Waals surface area (Å²) in [5.41, 5.74) is 0. The molecular weight excluding hydrogens is 322 g/mol. The normalized spacial score (nSPS) is 22.8. The van der Waals surface area contributed by atoms with E-state index in [4.69, 9.17) is 14.7 Å². The number of ether oxygens (including phenoxy) is 1. The minimum absolute atomic E-state index is 0.800. The molecule has 1 aromatic rings. The average Bonchev–Trinajstić information content (AvgIpc) is 2.70. The summed E-state index contributed by atoms with van der Waals surface area (Å²) in [7, 11) is 0. The Balaban J connectivity index is 1.72. The van der Waals surface area contributed by atoms with Gasteiger partial charge in [0.1, 0.15) is 0 Å². The highest BCUT2D eigenvalue weighted by Gasteiger charge is 2.24. The van der Waals surface area contributed by atoms with Crippen molar-refractivity contribution in [3.8, 4) is 0 Å². The number of hydrogen-bond donors (Lipinski definition) is 0. The zero-order chi connectivity index (χ0) is 16.2. The number of rotatable bonds is 2. The summed E-state index contributed by atoms with van der Waals surface area (Å²) in [4.78, 5) is 15.8. The minimum atomic E-state index is 0.800. The molecule has 0 amide bonds. The Morgan fingerprint density at radius 2 is 1.50 bits per heavy atom. The van der Waals surface area contributed by atoms with Crippen molar-refractivity contribution in [3.63, 3.8) is 0 Å².